The van der Waals surface area contributed by atoms with E-state index in [1.165, 1.54) is 17.8 Å². The minimum Gasteiger partial charge on any atom is -0.355 e. The van der Waals surface area contributed by atoms with Gasteiger partial charge in [0, 0.05) is 18.0 Å². The highest BCUT2D eigenvalue weighted by Crippen LogP contribution is 2.22. The van der Waals surface area contributed by atoms with Gasteiger partial charge in [-0.3, -0.25) is 4.79 Å². The maximum absolute atomic E-state index is 13.5. The second kappa shape index (κ2) is 7.29. The standard InChI is InChI=1S/C12H17FN2OS/c1-2-5-15-12(16)8-17-11-4-3-9(7-14)6-10(11)13/h3-4,6H,2,5,7-8,14H2,1H3,(H,15,16). The van der Waals surface area contributed by atoms with E-state index < -0.39 is 0 Å². The topological polar surface area (TPSA) is 55.1 Å². The Balaban J connectivity index is 2.49. The highest BCUT2D eigenvalue weighted by Gasteiger charge is 2.06. The van der Waals surface area contributed by atoms with E-state index in [2.05, 4.69) is 5.32 Å². The molecule has 3 N–H and O–H groups in total. The van der Waals surface area contributed by atoms with Gasteiger partial charge in [0.1, 0.15) is 5.82 Å². The van der Waals surface area contributed by atoms with Gasteiger partial charge in [-0.2, -0.15) is 0 Å². The van der Waals surface area contributed by atoms with Crippen molar-refractivity contribution in [1.82, 2.24) is 5.32 Å². The number of rotatable bonds is 6. The summed E-state index contributed by atoms with van der Waals surface area (Å²) in [7, 11) is 0. The lowest BCUT2D eigenvalue weighted by atomic mass is 10.2. The predicted octanol–water partition coefficient (Wildman–Crippen LogP) is 1.90. The molecular weight excluding hydrogens is 239 g/mol. The summed E-state index contributed by atoms with van der Waals surface area (Å²) in [6.07, 6.45) is 0.899. The molecule has 0 saturated carbocycles. The third kappa shape index (κ3) is 4.75. The number of thioether (sulfide) groups is 1. The Morgan fingerprint density at radius 3 is 2.88 bits per heavy atom. The monoisotopic (exact) mass is 256 g/mol. The normalized spacial score (nSPS) is 10.3. The SMILES string of the molecule is CCCNC(=O)CSc1ccc(CN)cc1F. The van der Waals surface area contributed by atoms with E-state index in [-0.39, 0.29) is 17.5 Å². The highest BCUT2D eigenvalue weighted by molar-refractivity contribution is 8.00. The molecule has 0 radical (unpaired) electrons. The third-order valence-electron chi connectivity index (χ3n) is 2.16. The van der Waals surface area contributed by atoms with Gasteiger partial charge in [0.25, 0.3) is 0 Å². The zero-order valence-corrected chi connectivity index (χ0v) is 10.6. The van der Waals surface area contributed by atoms with E-state index in [1.54, 1.807) is 12.1 Å². The molecule has 0 bridgehead atoms. The summed E-state index contributed by atoms with van der Waals surface area (Å²) in [5.74, 6) is -0.154. The van der Waals surface area contributed by atoms with Crippen molar-refractivity contribution < 1.29 is 9.18 Å². The Morgan fingerprint density at radius 2 is 2.29 bits per heavy atom. The number of nitrogens with two attached hydrogens (primary N) is 1. The average Bonchev–Trinajstić information content (AvgIpc) is 2.34. The fourth-order valence-electron chi connectivity index (χ4n) is 1.25. The van der Waals surface area contributed by atoms with Crippen LogP contribution in [-0.4, -0.2) is 18.2 Å². The minimum absolute atomic E-state index is 0.0702. The van der Waals surface area contributed by atoms with E-state index in [4.69, 9.17) is 5.73 Å². The summed E-state index contributed by atoms with van der Waals surface area (Å²) in [4.78, 5) is 11.8. The van der Waals surface area contributed by atoms with Crippen LogP contribution in [-0.2, 0) is 11.3 Å². The predicted molar refractivity (Wildman–Crippen MR) is 68.3 cm³/mol. The van der Waals surface area contributed by atoms with E-state index in [0.29, 0.717) is 18.0 Å². The van der Waals surface area contributed by atoms with Crippen molar-refractivity contribution in [1.29, 1.82) is 0 Å². The van der Waals surface area contributed by atoms with Crippen LogP contribution in [0.5, 0.6) is 0 Å². The number of benzene rings is 1. The zero-order chi connectivity index (χ0) is 12.7. The Hall–Kier alpha value is -1.07. The molecule has 0 heterocycles. The highest BCUT2D eigenvalue weighted by atomic mass is 32.2. The molecule has 1 aromatic rings. The zero-order valence-electron chi connectivity index (χ0n) is 9.83. The van der Waals surface area contributed by atoms with Gasteiger partial charge in [0.2, 0.25) is 5.91 Å². The number of halogens is 1. The molecule has 3 nitrogen and oxygen atoms in total. The van der Waals surface area contributed by atoms with Crippen LogP contribution in [0.25, 0.3) is 0 Å². The lowest BCUT2D eigenvalue weighted by molar-refractivity contribution is -0.118. The first-order chi connectivity index (χ1) is 8.17. The second-order valence-corrected chi connectivity index (χ2v) is 4.62. The van der Waals surface area contributed by atoms with Crippen molar-refractivity contribution in [3.05, 3.63) is 29.6 Å². The van der Waals surface area contributed by atoms with Crippen molar-refractivity contribution in [2.45, 2.75) is 24.8 Å². The molecule has 1 rings (SSSR count). The molecule has 0 aliphatic heterocycles. The minimum atomic E-state index is -0.318. The number of amides is 1. The largest absolute Gasteiger partial charge is 0.355 e. The molecule has 0 aromatic heterocycles. The van der Waals surface area contributed by atoms with Gasteiger partial charge < -0.3 is 11.1 Å². The lowest BCUT2D eigenvalue weighted by Gasteiger charge is -2.05. The first-order valence-electron chi connectivity index (χ1n) is 5.55. The number of hydrogen-bond donors (Lipinski definition) is 2. The summed E-state index contributed by atoms with van der Waals surface area (Å²) < 4.78 is 13.5. The van der Waals surface area contributed by atoms with Crippen LogP contribution in [0.2, 0.25) is 0 Å². The Morgan fingerprint density at radius 1 is 1.53 bits per heavy atom. The van der Waals surface area contributed by atoms with Crippen LogP contribution < -0.4 is 11.1 Å². The van der Waals surface area contributed by atoms with Crippen LogP contribution >= 0.6 is 11.8 Å². The molecule has 0 saturated heterocycles. The molecule has 0 aliphatic carbocycles. The van der Waals surface area contributed by atoms with E-state index >= 15 is 0 Å². The lowest BCUT2D eigenvalue weighted by Crippen LogP contribution is -2.25. The van der Waals surface area contributed by atoms with E-state index in [1.807, 2.05) is 6.92 Å². The van der Waals surface area contributed by atoms with Crippen LogP contribution in [0.3, 0.4) is 0 Å². The van der Waals surface area contributed by atoms with Gasteiger partial charge in [-0.15, -0.1) is 11.8 Å². The summed E-state index contributed by atoms with van der Waals surface area (Å²) >= 11 is 1.20. The molecule has 5 heteroatoms. The third-order valence-corrected chi connectivity index (χ3v) is 3.21. The van der Waals surface area contributed by atoms with Gasteiger partial charge >= 0.3 is 0 Å². The van der Waals surface area contributed by atoms with Gasteiger partial charge in [0.05, 0.1) is 5.75 Å². The number of carbonyl (C=O) groups excluding carboxylic acids is 1. The molecule has 0 aliphatic rings. The van der Waals surface area contributed by atoms with Crippen LogP contribution in [0.1, 0.15) is 18.9 Å². The van der Waals surface area contributed by atoms with Crippen LogP contribution in [0.15, 0.2) is 23.1 Å². The maximum atomic E-state index is 13.5. The summed E-state index contributed by atoms with van der Waals surface area (Å²) in [6.45, 7) is 2.96. The summed E-state index contributed by atoms with van der Waals surface area (Å²) in [5, 5.41) is 2.74. The van der Waals surface area contributed by atoms with E-state index in [9.17, 15) is 9.18 Å². The smallest absolute Gasteiger partial charge is 0.230 e. The first kappa shape index (κ1) is 14.0. The molecule has 1 amide bonds. The van der Waals surface area contributed by atoms with Crippen LogP contribution in [0, 0.1) is 5.82 Å². The maximum Gasteiger partial charge on any atom is 0.230 e. The fraction of sp³-hybridized carbons (Fsp3) is 0.417. The average molecular weight is 256 g/mol. The van der Waals surface area contributed by atoms with E-state index in [0.717, 1.165) is 12.0 Å². The number of hydrogen-bond acceptors (Lipinski definition) is 3. The van der Waals surface area contributed by atoms with Crippen molar-refractivity contribution in [3.63, 3.8) is 0 Å². The summed E-state index contributed by atoms with van der Waals surface area (Å²) in [6, 6.07) is 4.84. The molecule has 94 valence electrons. The Kier molecular flexibility index (Phi) is 6.00. The van der Waals surface area contributed by atoms with Crippen molar-refractivity contribution in [3.8, 4) is 0 Å². The fourth-order valence-corrected chi connectivity index (χ4v) is 2.00. The van der Waals surface area contributed by atoms with Crippen molar-refractivity contribution >= 4 is 17.7 Å². The molecule has 0 fully saturated rings. The Bertz CT molecular complexity index is 385. The second-order valence-electron chi connectivity index (χ2n) is 3.61. The van der Waals surface area contributed by atoms with Gasteiger partial charge in [-0.25, -0.2) is 4.39 Å². The van der Waals surface area contributed by atoms with Gasteiger partial charge in [0.15, 0.2) is 0 Å². The summed E-state index contributed by atoms with van der Waals surface area (Å²) in [5.41, 5.74) is 6.16. The molecular formula is C12H17FN2OS. The van der Waals surface area contributed by atoms with Gasteiger partial charge in [-0.1, -0.05) is 13.0 Å². The van der Waals surface area contributed by atoms with Crippen LogP contribution in [0.4, 0.5) is 4.39 Å². The molecule has 0 atom stereocenters. The van der Waals surface area contributed by atoms with Crippen molar-refractivity contribution in [2.24, 2.45) is 5.73 Å². The molecule has 0 spiro atoms. The van der Waals surface area contributed by atoms with Gasteiger partial charge in [-0.05, 0) is 24.1 Å². The van der Waals surface area contributed by atoms with Crippen molar-refractivity contribution in [2.75, 3.05) is 12.3 Å². The number of nitrogens with one attached hydrogen (secondary N) is 1. The molecule has 0 unspecified atom stereocenters. The Labute approximate surface area is 105 Å². The first-order valence-corrected chi connectivity index (χ1v) is 6.54. The number of carbonyl (C=O) groups is 1. The molecule has 17 heavy (non-hydrogen) atoms. The molecule has 1 aromatic carbocycles. The quantitative estimate of drug-likeness (QED) is 0.764.